The summed E-state index contributed by atoms with van der Waals surface area (Å²) in [6, 6.07) is 3.12. The fraction of sp³-hybridized carbons (Fsp3) is 0.417. The zero-order valence-corrected chi connectivity index (χ0v) is 11.6. The van der Waals surface area contributed by atoms with Gasteiger partial charge in [-0.15, -0.1) is 0 Å². The molecule has 1 aromatic carbocycles. The van der Waals surface area contributed by atoms with Gasteiger partial charge < -0.3 is 10.1 Å². The van der Waals surface area contributed by atoms with Crippen molar-refractivity contribution in [3.8, 4) is 5.75 Å². The molecule has 7 heteroatoms. The van der Waals surface area contributed by atoms with E-state index in [2.05, 4.69) is 5.32 Å². The molecule has 0 atom stereocenters. The van der Waals surface area contributed by atoms with Crippen molar-refractivity contribution in [2.24, 2.45) is 0 Å². The van der Waals surface area contributed by atoms with Crippen molar-refractivity contribution in [2.75, 3.05) is 19.4 Å². The van der Waals surface area contributed by atoms with Gasteiger partial charge in [0.15, 0.2) is 16.4 Å². The average Bonchev–Trinajstić information content (AvgIpc) is 2.32. The Morgan fingerprint density at radius 1 is 1.37 bits per heavy atom. The maximum atomic E-state index is 13.2. The predicted octanol–water partition coefficient (Wildman–Crippen LogP) is 1.13. The molecule has 0 unspecified atom stereocenters. The fourth-order valence-electron chi connectivity index (χ4n) is 1.30. The summed E-state index contributed by atoms with van der Waals surface area (Å²) < 4.78 is 40.9. The number of halogens is 1. The first-order valence-corrected chi connectivity index (χ1v) is 7.62. The maximum Gasteiger partial charge on any atom is 0.257 e. The summed E-state index contributed by atoms with van der Waals surface area (Å²) in [7, 11) is -3.52. The Hall–Kier alpha value is -1.63. The van der Waals surface area contributed by atoms with Gasteiger partial charge in [0, 0.05) is 18.9 Å². The van der Waals surface area contributed by atoms with Crippen molar-refractivity contribution < 1.29 is 22.3 Å². The van der Waals surface area contributed by atoms with Gasteiger partial charge in [0.1, 0.15) is 11.6 Å². The number of carbonyl (C=O) groups is 1. The van der Waals surface area contributed by atoms with Crippen LogP contribution in [0.15, 0.2) is 23.1 Å². The molecule has 0 aromatic heterocycles. The molecule has 1 rings (SSSR count). The lowest BCUT2D eigenvalue weighted by Gasteiger charge is -2.08. The third-order valence-corrected chi connectivity index (χ3v) is 3.31. The Bertz CT molecular complexity index is 557. The standard InChI is InChI=1S/C12H16FNO4S/c1-3-4-14-12(15)8-18-10-5-9(13)6-11(7-10)19(2,16)17/h5-7H,3-4,8H2,1-2H3,(H,14,15). The van der Waals surface area contributed by atoms with Crippen molar-refractivity contribution in [1.29, 1.82) is 0 Å². The minimum absolute atomic E-state index is 0.00655. The van der Waals surface area contributed by atoms with Crippen LogP contribution in [0.3, 0.4) is 0 Å². The topological polar surface area (TPSA) is 72.5 Å². The third-order valence-electron chi connectivity index (χ3n) is 2.22. The molecule has 0 heterocycles. The van der Waals surface area contributed by atoms with Crippen molar-refractivity contribution >= 4 is 15.7 Å². The Morgan fingerprint density at radius 3 is 2.63 bits per heavy atom. The van der Waals surface area contributed by atoms with Crippen LogP contribution in [0.25, 0.3) is 0 Å². The van der Waals surface area contributed by atoms with Crippen LogP contribution in [-0.4, -0.2) is 33.7 Å². The molecular formula is C12H16FNO4S. The first-order chi connectivity index (χ1) is 8.82. The molecular weight excluding hydrogens is 273 g/mol. The molecule has 0 bridgehead atoms. The van der Waals surface area contributed by atoms with E-state index in [1.807, 2.05) is 6.92 Å². The van der Waals surface area contributed by atoms with Crippen LogP contribution < -0.4 is 10.1 Å². The van der Waals surface area contributed by atoms with Gasteiger partial charge >= 0.3 is 0 Å². The van der Waals surface area contributed by atoms with Crippen molar-refractivity contribution in [3.63, 3.8) is 0 Å². The monoisotopic (exact) mass is 289 g/mol. The predicted molar refractivity (Wildman–Crippen MR) is 68.3 cm³/mol. The Labute approximate surface area is 111 Å². The second-order valence-electron chi connectivity index (χ2n) is 4.03. The molecule has 0 saturated heterocycles. The van der Waals surface area contributed by atoms with Crippen LogP contribution >= 0.6 is 0 Å². The van der Waals surface area contributed by atoms with Gasteiger partial charge in [-0.3, -0.25) is 4.79 Å². The van der Waals surface area contributed by atoms with E-state index in [0.717, 1.165) is 24.8 Å². The third kappa shape index (κ3) is 5.25. The summed E-state index contributed by atoms with van der Waals surface area (Å²) in [6.45, 7) is 2.15. The van der Waals surface area contributed by atoms with E-state index in [-0.39, 0.29) is 23.2 Å². The van der Waals surface area contributed by atoms with Crippen LogP contribution in [0.4, 0.5) is 4.39 Å². The van der Waals surface area contributed by atoms with Gasteiger partial charge in [0.2, 0.25) is 0 Å². The average molecular weight is 289 g/mol. The van der Waals surface area contributed by atoms with Crippen LogP contribution in [-0.2, 0) is 14.6 Å². The zero-order valence-electron chi connectivity index (χ0n) is 10.8. The summed E-state index contributed by atoms with van der Waals surface area (Å²) in [5.74, 6) is -1.06. The molecule has 0 aliphatic rings. The Morgan fingerprint density at radius 2 is 2.05 bits per heavy atom. The van der Waals surface area contributed by atoms with E-state index in [1.54, 1.807) is 0 Å². The van der Waals surface area contributed by atoms with Crippen LogP contribution in [0.1, 0.15) is 13.3 Å². The molecule has 19 heavy (non-hydrogen) atoms. The number of nitrogens with one attached hydrogen (secondary N) is 1. The number of ether oxygens (including phenoxy) is 1. The number of benzene rings is 1. The largest absolute Gasteiger partial charge is 0.484 e. The summed E-state index contributed by atoms with van der Waals surface area (Å²) in [5.41, 5.74) is 0. The summed E-state index contributed by atoms with van der Waals surface area (Å²) in [5, 5.41) is 2.59. The first kappa shape index (κ1) is 15.4. The van der Waals surface area contributed by atoms with E-state index >= 15 is 0 Å². The number of sulfone groups is 1. The van der Waals surface area contributed by atoms with Crippen molar-refractivity contribution in [3.05, 3.63) is 24.0 Å². The van der Waals surface area contributed by atoms with Gasteiger partial charge in [0.05, 0.1) is 4.90 Å². The second kappa shape index (κ2) is 6.51. The van der Waals surface area contributed by atoms with Crippen LogP contribution in [0.2, 0.25) is 0 Å². The van der Waals surface area contributed by atoms with Gasteiger partial charge in [-0.1, -0.05) is 6.92 Å². The summed E-state index contributed by atoms with van der Waals surface area (Å²) in [4.78, 5) is 11.1. The lowest BCUT2D eigenvalue weighted by Crippen LogP contribution is -2.29. The van der Waals surface area contributed by atoms with E-state index in [4.69, 9.17) is 4.74 Å². The SMILES string of the molecule is CCCNC(=O)COc1cc(F)cc(S(C)(=O)=O)c1. The number of rotatable bonds is 6. The number of hydrogen-bond donors (Lipinski definition) is 1. The van der Waals surface area contributed by atoms with E-state index in [0.29, 0.717) is 6.54 Å². The van der Waals surface area contributed by atoms with Crippen molar-refractivity contribution in [1.82, 2.24) is 5.32 Å². The molecule has 1 N–H and O–H groups in total. The molecule has 106 valence electrons. The van der Waals surface area contributed by atoms with Crippen LogP contribution in [0.5, 0.6) is 5.75 Å². The van der Waals surface area contributed by atoms with Crippen LogP contribution in [0, 0.1) is 5.82 Å². The minimum atomic E-state index is -3.52. The molecule has 1 amide bonds. The normalized spacial score (nSPS) is 11.1. The van der Waals surface area contributed by atoms with Gasteiger partial charge in [0.25, 0.3) is 5.91 Å². The second-order valence-corrected chi connectivity index (χ2v) is 6.05. The lowest BCUT2D eigenvalue weighted by atomic mass is 10.3. The highest BCUT2D eigenvalue weighted by Crippen LogP contribution is 2.19. The fourth-order valence-corrected chi connectivity index (χ4v) is 1.96. The number of carbonyl (C=O) groups excluding carboxylic acids is 1. The maximum absolute atomic E-state index is 13.2. The highest BCUT2D eigenvalue weighted by atomic mass is 32.2. The molecule has 0 radical (unpaired) electrons. The molecule has 0 aliphatic heterocycles. The molecule has 0 saturated carbocycles. The molecule has 0 spiro atoms. The minimum Gasteiger partial charge on any atom is -0.484 e. The lowest BCUT2D eigenvalue weighted by molar-refractivity contribution is -0.123. The molecule has 5 nitrogen and oxygen atoms in total. The molecule has 0 fully saturated rings. The van der Waals surface area contributed by atoms with Gasteiger partial charge in [-0.25, -0.2) is 12.8 Å². The first-order valence-electron chi connectivity index (χ1n) is 5.73. The number of amides is 1. The summed E-state index contributed by atoms with van der Waals surface area (Å²) >= 11 is 0. The van der Waals surface area contributed by atoms with E-state index in [1.165, 1.54) is 6.07 Å². The quantitative estimate of drug-likeness (QED) is 0.852. The molecule has 1 aromatic rings. The Balaban J connectivity index is 2.74. The highest BCUT2D eigenvalue weighted by molar-refractivity contribution is 7.90. The zero-order chi connectivity index (χ0) is 14.5. The highest BCUT2D eigenvalue weighted by Gasteiger charge is 2.11. The van der Waals surface area contributed by atoms with E-state index < -0.39 is 15.7 Å². The Kier molecular flexibility index (Phi) is 5.29. The number of hydrogen-bond acceptors (Lipinski definition) is 4. The smallest absolute Gasteiger partial charge is 0.257 e. The van der Waals surface area contributed by atoms with Gasteiger partial charge in [-0.05, 0) is 18.6 Å². The summed E-state index contributed by atoms with van der Waals surface area (Å²) in [6.07, 6.45) is 1.77. The van der Waals surface area contributed by atoms with Gasteiger partial charge in [-0.2, -0.15) is 0 Å². The van der Waals surface area contributed by atoms with E-state index in [9.17, 15) is 17.6 Å². The molecule has 0 aliphatic carbocycles. The van der Waals surface area contributed by atoms with Crippen molar-refractivity contribution in [2.45, 2.75) is 18.2 Å².